The van der Waals surface area contributed by atoms with Crippen LogP contribution in [0.2, 0.25) is 0 Å². The van der Waals surface area contributed by atoms with Crippen molar-refractivity contribution in [1.82, 2.24) is 4.57 Å². The zero-order valence-electron chi connectivity index (χ0n) is 28.6. The van der Waals surface area contributed by atoms with Crippen molar-refractivity contribution in [1.29, 1.82) is 0 Å². The minimum absolute atomic E-state index is 0.337. The average Bonchev–Trinajstić information content (AvgIpc) is 3.46. The van der Waals surface area contributed by atoms with Crippen LogP contribution >= 0.6 is 0 Å². The molecule has 1 aromatic heterocycles. The normalized spacial score (nSPS) is 14.1. The van der Waals surface area contributed by atoms with Crippen molar-refractivity contribution in [3.63, 3.8) is 0 Å². The largest absolute Gasteiger partial charge is 0.310 e. The number of rotatable bonds is 5. The number of hydrogen-bond donors (Lipinski definition) is 0. The second-order valence-electron chi connectivity index (χ2n) is 13.3. The third-order valence-electron chi connectivity index (χ3n) is 9.64. The van der Waals surface area contributed by atoms with Crippen molar-refractivity contribution in [3.8, 4) is 16.8 Å². The summed E-state index contributed by atoms with van der Waals surface area (Å²) in [5.74, 6) is 0.337. The first-order valence-corrected chi connectivity index (χ1v) is 17.2. The molecule has 0 radical (unpaired) electrons. The Balaban J connectivity index is 1.43. The summed E-state index contributed by atoms with van der Waals surface area (Å²) in [6.45, 7) is 9.03. The monoisotopic (exact) mass is 632 g/mol. The lowest BCUT2D eigenvalue weighted by Crippen LogP contribution is -2.21. The minimum Gasteiger partial charge on any atom is -0.310 e. The fraction of sp³-hybridized carbons (Fsp3) is 0.106. The van der Waals surface area contributed by atoms with Crippen molar-refractivity contribution < 1.29 is 0 Å². The molecule has 8 rings (SSSR count). The highest BCUT2D eigenvalue weighted by Gasteiger charge is 2.27. The summed E-state index contributed by atoms with van der Waals surface area (Å²) in [7, 11) is 0. The Kier molecular flexibility index (Phi) is 7.86. The Hall–Kier alpha value is -5.86. The van der Waals surface area contributed by atoms with Gasteiger partial charge in [0.1, 0.15) is 0 Å². The molecule has 0 spiro atoms. The summed E-state index contributed by atoms with van der Waals surface area (Å²) in [5.41, 5.74) is 15.8. The highest BCUT2D eigenvalue weighted by Crippen LogP contribution is 2.47. The number of anilines is 2. The van der Waals surface area contributed by atoms with E-state index < -0.39 is 0 Å². The van der Waals surface area contributed by atoms with Gasteiger partial charge in [-0.1, -0.05) is 135 Å². The zero-order chi connectivity index (χ0) is 33.5. The van der Waals surface area contributed by atoms with E-state index in [0.29, 0.717) is 5.92 Å². The fourth-order valence-corrected chi connectivity index (χ4v) is 7.42. The fourth-order valence-electron chi connectivity index (χ4n) is 7.42. The lowest BCUT2D eigenvalue weighted by Gasteiger charge is -2.34. The van der Waals surface area contributed by atoms with Gasteiger partial charge >= 0.3 is 0 Å². The van der Waals surface area contributed by atoms with Gasteiger partial charge in [0.25, 0.3) is 0 Å². The van der Waals surface area contributed by atoms with Gasteiger partial charge < -0.3 is 9.47 Å². The van der Waals surface area contributed by atoms with Gasteiger partial charge in [0.15, 0.2) is 0 Å². The van der Waals surface area contributed by atoms with Crippen LogP contribution in [-0.4, -0.2) is 4.57 Å². The third-order valence-corrected chi connectivity index (χ3v) is 9.64. The van der Waals surface area contributed by atoms with E-state index in [-0.39, 0.29) is 0 Å². The van der Waals surface area contributed by atoms with Crippen molar-refractivity contribution in [3.05, 3.63) is 186 Å². The molecule has 0 unspecified atom stereocenters. The number of aryl methyl sites for hydroxylation is 1. The summed E-state index contributed by atoms with van der Waals surface area (Å²) in [5, 5.41) is 2.50. The first kappa shape index (κ1) is 30.5. The summed E-state index contributed by atoms with van der Waals surface area (Å²) >= 11 is 0. The Morgan fingerprint density at radius 1 is 0.551 bits per heavy atom. The Morgan fingerprint density at radius 2 is 1.20 bits per heavy atom. The Bertz CT molecular complexity index is 2400. The number of fused-ring (bicyclic) bond motifs is 5. The van der Waals surface area contributed by atoms with Gasteiger partial charge in [-0.25, -0.2) is 0 Å². The first-order chi connectivity index (χ1) is 24.0. The molecule has 238 valence electrons. The van der Waals surface area contributed by atoms with Crippen LogP contribution in [0, 0.1) is 12.8 Å². The minimum atomic E-state index is 0.337. The molecule has 0 atom stereocenters. The molecule has 0 aliphatic carbocycles. The SMILES string of the molecule is CC1=C(c2ccccc2C)/C(=C/C(C)C)N(c2ccccc2)c2ccc3c(c2C=C1)c1ccccc1n3-c1ccc(-c2ccccc2)cc1. The topological polar surface area (TPSA) is 8.17 Å². The first-order valence-electron chi connectivity index (χ1n) is 17.2. The number of para-hydroxylation sites is 2. The quantitative estimate of drug-likeness (QED) is 0.183. The molecule has 0 fully saturated rings. The van der Waals surface area contributed by atoms with Gasteiger partial charge in [-0.2, -0.15) is 0 Å². The van der Waals surface area contributed by atoms with Gasteiger partial charge in [0.2, 0.25) is 0 Å². The average molecular weight is 633 g/mol. The van der Waals surface area contributed by atoms with Gasteiger partial charge in [-0.15, -0.1) is 0 Å². The van der Waals surface area contributed by atoms with Crippen LogP contribution in [0.4, 0.5) is 11.4 Å². The number of hydrogen-bond acceptors (Lipinski definition) is 1. The molecule has 1 aliphatic heterocycles. The van der Waals surface area contributed by atoms with E-state index in [4.69, 9.17) is 0 Å². The van der Waals surface area contributed by atoms with Crippen molar-refractivity contribution in [2.45, 2.75) is 27.7 Å². The molecule has 0 saturated carbocycles. The molecular formula is C47H40N2. The van der Waals surface area contributed by atoms with Crippen LogP contribution in [0.15, 0.2) is 169 Å². The van der Waals surface area contributed by atoms with Crippen molar-refractivity contribution >= 4 is 44.8 Å². The summed E-state index contributed by atoms with van der Waals surface area (Å²) < 4.78 is 2.42. The van der Waals surface area contributed by atoms with E-state index in [1.807, 2.05) is 0 Å². The second-order valence-corrected chi connectivity index (χ2v) is 13.3. The predicted octanol–water partition coefficient (Wildman–Crippen LogP) is 12.9. The smallest absolute Gasteiger partial charge is 0.0548 e. The van der Waals surface area contributed by atoms with Crippen LogP contribution in [0.1, 0.15) is 37.5 Å². The molecule has 0 saturated heterocycles. The molecule has 0 N–H and O–H groups in total. The molecule has 0 amide bonds. The van der Waals surface area contributed by atoms with E-state index in [9.17, 15) is 0 Å². The molecule has 49 heavy (non-hydrogen) atoms. The maximum absolute atomic E-state index is 2.49. The van der Waals surface area contributed by atoms with Crippen molar-refractivity contribution in [2.75, 3.05) is 4.90 Å². The van der Waals surface area contributed by atoms with Gasteiger partial charge in [0.05, 0.1) is 22.4 Å². The van der Waals surface area contributed by atoms with E-state index >= 15 is 0 Å². The Labute approximate surface area is 289 Å². The molecule has 2 nitrogen and oxygen atoms in total. The van der Waals surface area contributed by atoms with Crippen LogP contribution < -0.4 is 4.90 Å². The maximum Gasteiger partial charge on any atom is 0.0548 e. The molecule has 0 bridgehead atoms. The third kappa shape index (κ3) is 5.40. The molecule has 2 heterocycles. The van der Waals surface area contributed by atoms with Crippen LogP contribution in [0.5, 0.6) is 0 Å². The van der Waals surface area contributed by atoms with Crippen LogP contribution in [0.25, 0.3) is 50.3 Å². The summed E-state index contributed by atoms with van der Waals surface area (Å²) in [6.07, 6.45) is 7.11. The van der Waals surface area contributed by atoms with Crippen LogP contribution in [0.3, 0.4) is 0 Å². The van der Waals surface area contributed by atoms with Crippen molar-refractivity contribution in [2.24, 2.45) is 5.92 Å². The van der Waals surface area contributed by atoms with E-state index in [1.54, 1.807) is 0 Å². The molecule has 1 aliphatic rings. The van der Waals surface area contributed by atoms with Gasteiger partial charge in [-0.3, -0.25) is 0 Å². The molecule has 2 heteroatoms. The van der Waals surface area contributed by atoms with E-state index in [2.05, 4.69) is 201 Å². The van der Waals surface area contributed by atoms with E-state index in [1.165, 1.54) is 72.2 Å². The highest BCUT2D eigenvalue weighted by molar-refractivity contribution is 6.15. The molecular weight excluding hydrogens is 593 g/mol. The second kappa shape index (κ2) is 12.6. The highest BCUT2D eigenvalue weighted by atomic mass is 15.2. The number of benzene rings is 6. The Morgan fingerprint density at radius 3 is 1.94 bits per heavy atom. The van der Waals surface area contributed by atoms with Gasteiger partial charge in [-0.05, 0) is 90.1 Å². The number of nitrogens with zero attached hydrogens (tertiary/aromatic N) is 2. The van der Waals surface area contributed by atoms with Gasteiger partial charge in [0, 0.05) is 33.3 Å². The lowest BCUT2D eigenvalue weighted by molar-refractivity contribution is 0.822. The predicted molar refractivity (Wildman–Crippen MR) is 211 cm³/mol. The summed E-state index contributed by atoms with van der Waals surface area (Å²) in [4.78, 5) is 2.49. The standard InChI is InChI=1S/C47H40N2/c1-32(2)31-45-46(39-20-12-11-15-33(39)3)34(4)23-28-41-43(49(45)37-18-9-6-10-19-37)29-30-44-47(41)40-21-13-14-22-42(40)48(44)38-26-24-36(25-27-38)35-16-7-5-8-17-35/h5-32H,1-4H3/b28-23?,45-31-,46-34?. The number of allylic oxidation sites excluding steroid dienone is 4. The maximum atomic E-state index is 2.49. The zero-order valence-corrected chi connectivity index (χ0v) is 28.6. The van der Waals surface area contributed by atoms with E-state index in [0.717, 1.165) is 11.4 Å². The number of aromatic nitrogens is 1. The summed E-state index contributed by atoms with van der Waals surface area (Å²) in [6, 6.07) is 52.7. The lowest BCUT2D eigenvalue weighted by atomic mass is 9.89. The molecule has 7 aromatic rings. The van der Waals surface area contributed by atoms with Crippen LogP contribution in [-0.2, 0) is 0 Å². The molecule has 6 aromatic carbocycles.